The molecular formula is C25H34N4O10S. The predicted molar refractivity (Wildman–Crippen MR) is 145 cm³/mol. The van der Waals surface area contributed by atoms with Gasteiger partial charge in [-0.2, -0.15) is 4.99 Å². The lowest BCUT2D eigenvalue weighted by Crippen LogP contribution is -2.48. The van der Waals surface area contributed by atoms with Crippen LogP contribution in [0.2, 0.25) is 0 Å². The van der Waals surface area contributed by atoms with Gasteiger partial charge >= 0.3 is 30.0 Å². The van der Waals surface area contributed by atoms with Gasteiger partial charge in [0, 0.05) is 25.7 Å². The number of thiocarbonyl (C=S) groups is 1. The van der Waals surface area contributed by atoms with E-state index in [4.69, 9.17) is 10.2 Å². The molecule has 14 nitrogen and oxygen atoms in total. The molecule has 1 amide bonds. The molecule has 0 heterocycles. The van der Waals surface area contributed by atoms with Gasteiger partial charge < -0.3 is 30.4 Å². The van der Waals surface area contributed by atoms with E-state index >= 15 is 0 Å². The van der Waals surface area contributed by atoms with Crippen molar-refractivity contribution >= 4 is 53.0 Å². The van der Waals surface area contributed by atoms with Crippen LogP contribution in [-0.2, 0) is 25.6 Å². The highest BCUT2D eigenvalue weighted by molar-refractivity contribution is 7.78. The van der Waals surface area contributed by atoms with Gasteiger partial charge in [0.15, 0.2) is 0 Å². The molecular weight excluding hydrogens is 548 g/mol. The molecule has 0 aliphatic carbocycles. The van der Waals surface area contributed by atoms with E-state index in [-0.39, 0.29) is 32.5 Å². The van der Waals surface area contributed by atoms with Crippen LogP contribution in [0, 0.1) is 5.41 Å². The Morgan fingerprint density at radius 3 is 1.77 bits per heavy atom. The Bertz CT molecular complexity index is 1070. The lowest BCUT2D eigenvalue weighted by atomic mass is 9.91. The maximum absolute atomic E-state index is 12.1. The quantitative estimate of drug-likeness (QED) is 0.116. The Balaban J connectivity index is 3.17. The van der Waals surface area contributed by atoms with Gasteiger partial charge in [-0.15, -0.1) is 0 Å². The molecule has 220 valence electrons. The van der Waals surface area contributed by atoms with E-state index < -0.39 is 67.6 Å². The van der Waals surface area contributed by atoms with Gasteiger partial charge in [0.1, 0.15) is 0 Å². The summed E-state index contributed by atoms with van der Waals surface area (Å²) in [5, 5.41) is 49.1. The Labute approximate surface area is 236 Å². The second kappa shape index (κ2) is 16.3. The van der Waals surface area contributed by atoms with Crippen LogP contribution >= 0.6 is 12.2 Å². The van der Waals surface area contributed by atoms with Crippen LogP contribution < -0.4 is 0 Å². The van der Waals surface area contributed by atoms with Crippen LogP contribution in [0.4, 0.5) is 10.5 Å². The number of benzene rings is 1. The van der Waals surface area contributed by atoms with Gasteiger partial charge in [-0.1, -0.05) is 26.0 Å². The average molecular weight is 583 g/mol. The Kier molecular flexibility index (Phi) is 13.9. The standard InChI is InChI=1S/C25H34N4O10S/c1-25(2,14-27(10-20(30)31)11-21(32)33)15-28(24(38)39)8-7-19(29(12-22(34)35)13-23(36)37)9-17-3-5-18(6-4-17)26-16-40/h3-6,19H,7-15H2,1-2H3,(H,30,31)(H,32,33)(H,34,35)(H,36,37)(H,38,39). The first-order chi connectivity index (χ1) is 18.6. The summed E-state index contributed by atoms with van der Waals surface area (Å²) in [7, 11) is 0. The smallest absolute Gasteiger partial charge is 0.407 e. The number of carbonyl (C=O) groups is 5. The third-order valence-electron chi connectivity index (χ3n) is 5.77. The molecule has 5 N–H and O–H groups in total. The lowest BCUT2D eigenvalue weighted by molar-refractivity contribution is -0.144. The number of isothiocyanates is 1. The number of amides is 1. The maximum Gasteiger partial charge on any atom is 0.407 e. The summed E-state index contributed by atoms with van der Waals surface area (Å²) in [5.74, 6) is -4.95. The number of nitrogens with zero attached hydrogens (tertiary/aromatic N) is 4. The van der Waals surface area contributed by atoms with E-state index in [1.54, 1.807) is 38.1 Å². The zero-order valence-electron chi connectivity index (χ0n) is 22.2. The summed E-state index contributed by atoms with van der Waals surface area (Å²) in [6.07, 6.45) is -0.999. The highest BCUT2D eigenvalue weighted by Gasteiger charge is 2.30. The molecule has 0 aliphatic rings. The summed E-state index contributed by atoms with van der Waals surface area (Å²) >= 11 is 4.59. The Morgan fingerprint density at radius 2 is 1.35 bits per heavy atom. The topological polar surface area (TPSA) is 209 Å². The molecule has 40 heavy (non-hydrogen) atoms. The number of rotatable bonds is 19. The minimum absolute atomic E-state index is 0.0283. The SMILES string of the molecule is CC(C)(CN(CC(=O)O)CC(=O)O)CN(CCC(Cc1ccc(N=C=S)cc1)N(CC(=O)O)CC(=O)O)C(=O)O. The molecule has 0 aromatic heterocycles. The molecule has 0 fully saturated rings. The highest BCUT2D eigenvalue weighted by atomic mass is 32.1. The van der Waals surface area contributed by atoms with Gasteiger partial charge in [0.25, 0.3) is 0 Å². The minimum atomic E-state index is -1.29. The van der Waals surface area contributed by atoms with E-state index in [0.717, 1.165) is 10.5 Å². The normalized spacial score (nSPS) is 12.0. The number of carboxylic acids is 4. The van der Waals surface area contributed by atoms with Crippen molar-refractivity contribution in [1.82, 2.24) is 14.7 Å². The summed E-state index contributed by atoms with van der Waals surface area (Å²) < 4.78 is 0. The first-order valence-electron chi connectivity index (χ1n) is 12.1. The molecule has 0 aliphatic heterocycles. The zero-order chi connectivity index (χ0) is 30.5. The monoisotopic (exact) mass is 582 g/mol. The fraction of sp³-hybridized carbons (Fsp3) is 0.520. The molecule has 1 aromatic carbocycles. The van der Waals surface area contributed by atoms with Gasteiger partial charge in [-0.25, -0.2) is 4.79 Å². The van der Waals surface area contributed by atoms with E-state index in [2.05, 4.69) is 22.4 Å². The van der Waals surface area contributed by atoms with Crippen molar-refractivity contribution in [3.8, 4) is 0 Å². The Morgan fingerprint density at radius 1 is 0.850 bits per heavy atom. The zero-order valence-corrected chi connectivity index (χ0v) is 23.0. The first-order valence-corrected chi connectivity index (χ1v) is 12.5. The molecule has 0 bridgehead atoms. The van der Waals surface area contributed by atoms with E-state index in [1.165, 1.54) is 9.80 Å². The molecule has 0 saturated carbocycles. The third kappa shape index (κ3) is 13.8. The van der Waals surface area contributed by atoms with Crippen LogP contribution in [0.5, 0.6) is 0 Å². The molecule has 1 atom stereocenters. The molecule has 1 rings (SSSR count). The van der Waals surface area contributed by atoms with Crippen LogP contribution in [0.25, 0.3) is 0 Å². The summed E-state index contributed by atoms with van der Waals surface area (Å²) in [5.41, 5.74) is 0.412. The van der Waals surface area contributed by atoms with Crippen molar-refractivity contribution in [2.24, 2.45) is 10.4 Å². The van der Waals surface area contributed by atoms with Crippen molar-refractivity contribution in [2.75, 3.05) is 45.8 Å². The number of carboxylic acid groups (broad SMARTS) is 5. The molecule has 0 saturated heterocycles. The number of hydrogen-bond acceptors (Lipinski definition) is 9. The number of aliphatic imine (C=N–C) groups is 1. The molecule has 1 aromatic rings. The van der Waals surface area contributed by atoms with E-state index in [0.29, 0.717) is 5.69 Å². The maximum atomic E-state index is 12.1. The fourth-order valence-corrected chi connectivity index (χ4v) is 4.48. The van der Waals surface area contributed by atoms with Gasteiger partial charge in [0.2, 0.25) is 0 Å². The molecule has 1 unspecified atom stereocenters. The molecule has 15 heteroatoms. The van der Waals surface area contributed by atoms with Crippen LogP contribution in [-0.4, -0.2) is 127 Å². The van der Waals surface area contributed by atoms with Gasteiger partial charge in [-0.3, -0.25) is 29.0 Å². The van der Waals surface area contributed by atoms with Crippen LogP contribution in [0.3, 0.4) is 0 Å². The van der Waals surface area contributed by atoms with E-state index in [9.17, 15) is 39.3 Å². The Hall–Kier alpha value is -3.91. The van der Waals surface area contributed by atoms with Crippen molar-refractivity contribution in [2.45, 2.75) is 32.7 Å². The lowest BCUT2D eigenvalue weighted by Gasteiger charge is -2.36. The highest BCUT2D eigenvalue weighted by Crippen LogP contribution is 2.22. The van der Waals surface area contributed by atoms with Gasteiger partial charge in [-0.05, 0) is 48.2 Å². The predicted octanol–water partition coefficient (Wildman–Crippen LogP) is 1.67. The largest absolute Gasteiger partial charge is 0.480 e. The second-order valence-electron chi connectivity index (χ2n) is 10.0. The van der Waals surface area contributed by atoms with Crippen molar-refractivity contribution in [3.63, 3.8) is 0 Å². The fourth-order valence-electron chi connectivity index (χ4n) is 4.38. The van der Waals surface area contributed by atoms with Crippen LogP contribution in [0.1, 0.15) is 25.8 Å². The van der Waals surface area contributed by atoms with Gasteiger partial charge in [0.05, 0.1) is 37.0 Å². The minimum Gasteiger partial charge on any atom is -0.480 e. The molecule has 0 spiro atoms. The van der Waals surface area contributed by atoms with Crippen molar-refractivity contribution < 1.29 is 49.5 Å². The molecule has 0 radical (unpaired) electrons. The summed E-state index contributed by atoms with van der Waals surface area (Å²) in [4.78, 5) is 64.8. The number of hydrogen-bond donors (Lipinski definition) is 5. The van der Waals surface area contributed by atoms with Crippen molar-refractivity contribution in [3.05, 3.63) is 29.8 Å². The third-order valence-corrected chi connectivity index (χ3v) is 5.86. The average Bonchev–Trinajstić information content (AvgIpc) is 2.79. The van der Waals surface area contributed by atoms with Crippen molar-refractivity contribution in [1.29, 1.82) is 0 Å². The number of aliphatic carboxylic acids is 4. The first kappa shape index (κ1) is 34.1. The second-order valence-corrected chi connectivity index (χ2v) is 10.2. The van der Waals surface area contributed by atoms with E-state index in [1.807, 2.05) is 0 Å². The summed E-state index contributed by atoms with van der Waals surface area (Å²) in [6.45, 7) is 0.879. The van der Waals surface area contributed by atoms with Crippen LogP contribution in [0.15, 0.2) is 29.3 Å². The summed E-state index contributed by atoms with van der Waals surface area (Å²) in [6, 6.07) is 6.09.